The molecule has 0 bridgehead atoms. The molecule has 0 radical (unpaired) electrons. The molecule has 0 spiro atoms. The first kappa shape index (κ1) is 14.6. The van der Waals surface area contributed by atoms with E-state index < -0.39 is 23.8 Å². The van der Waals surface area contributed by atoms with Gasteiger partial charge in [-0.05, 0) is 0 Å². The summed E-state index contributed by atoms with van der Waals surface area (Å²) in [6.07, 6.45) is 0. The van der Waals surface area contributed by atoms with Crippen molar-refractivity contribution in [1.82, 2.24) is 9.80 Å². The Labute approximate surface area is 116 Å². The van der Waals surface area contributed by atoms with Crippen LogP contribution in [0.1, 0.15) is 6.92 Å². The van der Waals surface area contributed by atoms with E-state index in [9.17, 15) is 14.4 Å². The minimum Gasteiger partial charge on any atom is -0.481 e. The maximum atomic E-state index is 12.3. The Morgan fingerprint density at radius 2 is 2.00 bits per heavy atom. The van der Waals surface area contributed by atoms with E-state index in [1.165, 1.54) is 4.90 Å². The van der Waals surface area contributed by atoms with Crippen LogP contribution in [0.15, 0.2) is 0 Å². The summed E-state index contributed by atoms with van der Waals surface area (Å²) in [5.41, 5.74) is 5.26. The lowest BCUT2D eigenvalue weighted by Gasteiger charge is -2.45. The number of rotatable bonds is 3. The minimum absolute atomic E-state index is 0.0375. The SMILES string of the molecule is CC(C(=O)O)C1CN(C(=O)N2CCOCC2C(N)=O)C1. The monoisotopic (exact) mass is 285 g/mol. The number of carbonyl (C=O) groups is 3. The van der Waals surface area contributed by atoms with Gasteiger partial charge in [0.05, 0.1) is 19.1 Å². The van der Waals surface area contributed by atoms with Crippen LogP contribution in [0.4, 0.5) is 4.79 Å². The third-order valence-electron chi connectivity index (χ3n) is 3.98. The number of morpholine rings is 1. The first-order valence-corrected chi connectivity index (χ1v) is 6.57. The highest BCUT2D eigenvalue weighted by molar-refractivity contribution is 5.86. The van der Waals surface area contributed by atoms with E-state index in [4.69, 9.17) is 15.6 Å². The first-order valence-electron chi connectivity index (χ1n) is 6.57. The lowest BCUT2D eigenvalue weighted by atomic mass is 9.87. The third-order valence-corrected chi connectivity index (χ3v) is 3.98. The van der Waals surface area contributed by atoms with Crippen molar-refractivity contribution in [1.29, 1.82) is 0 Å². The van der Waals surface area contributed by atoms with Crippen LogP contribution in [0.2, 0.25) is 0 Å². The zero-order valence-electron chi connectivity index (χ0n) is 11.3. The molecule has 2 unspecified atom stereocenters. The molecule has 0 saturated carbocycles. The summed E-state index contributed by atoms with van der Waals surface area (Å²) in [4.78, 5) is 37.4. The van der Waals surface area contributed by atoms with Crippen LogP contribution in [0, 0.1) is 11.8 Å². The Morgan fingerprint density at radius 1 is 1.35 bits per heavy atom. The fraction of sp³-hybridized carbons (Fsp3) is 0.750. The van der Waals surface area contributed by atoms with Crippen LogP contribution < -0.4 is 5.73 Å². The highest BCUT2D eigenvalue weighted by atomic mass is 16.5. The topological polar surface area (TPSA) is 113 Å². The average molecular weight is 285 g/mol. The standard InChI is InChI=1S/C12H19N3O5/c1-7(11(17)18)8-4-14(5-8)12(19)15-2-3-20-6-9(15)10(13)16/h7-9H,2-6H2,1H3,(H2,13,16)(H,17,18). The quantitative estimate of drug-likeness (QED) is 0.686. The van der Waals surface area contributed by atoms with Gasteiger partial charge in [0, 0.05) is 25.6 Å². The van der Waals surface area contributed by atoms with E-state index in [1.807, 2.05) is 0 Å². The zero-order chi connectivity index (χ0) is 14.9. The number of carboxylic acid groups (broad SMARTS) is 1. The summed E-state index contributed by atoms with van der Waals surface area (Å²) in [5, 5.41) is 8.91. The lowest BCUT2D eigenvalue weighted by Crippen LogP contribution is -2.63. The van der Waals surface area contributed by atoms with E-state index in [0.29, 0.717) is 26.2 Å². The molecule has 0 aromatic rings. The maximum absolute atomic E-state index is 12.3. The van der Waals surface area contributed by atoms with Crippen LogP contribution in [-0.2, 0) is 14.3 Å². The van der Waals surface area contributed by atoms with Gasteiger partial charge < -0.3 is 25.4 Å². The summed E-state index contributed by atoms with van der Waals surface area (Å²) >= 11 is 0. The van der Waals surface area contributed by atoms with Gasteiger partial charge >= 0.3 is 12.0 Å². The fourth-order valence-electron chi connectivity index (χ4n) is 2.44. The molecule has 0 aromatic carbocycles. The molecule has 2 aliphatic heterocycles. The molecule has 3 amide bonds. The second-order valence-corrected chi connectivity index (χ2v) is 5.26. The van der Waals surface area contributed by atoms with Crippen molar-refractivity contribution in [3.05, 3.63) is 0 Å². The summed E-state index contributed by atoms with van der Waals surface area (Å²) < 4.78 is 5.16. The number of nitrogens with zero attached hydrogens (tertiary/aromatic N) is 2. The van der Waals surface area contributed by atoms with E-state index in [-0.39, 0.29) is 18.6 Å². The molecule has 2 heterocycles. The number of primary amides is 1. The highest BCUT2D eigenvalue weighted by Gasteiger charge is 2.41. The molecule has 2 saturated heterocycles. The fourth-order valence-corrected chi connectivity index (χ4v) is 2.44. The normalized spacial score (nSPS) is 24.9. The van der Waals surface area contributed by atoms with E-state index in [0.717, 1.165) is 0 Å². The number of aliphatic carboxylic acids is 1. The summed E-state index contributed by atoms with van der Waals surface area (Å²) in [7, 11) is 0. The molecule has 2 rings (SSSR count). The number of carboxylic acids is 1. The van der Waals surface area contributed by atoms with Gasteiger partial charge in [-0.1, -0.05) is 6.92 Å². The van der Waals surface area contributed by atoms with Gasteiger partial charge in [-0.25, -0.2) is 4.79 Å². The second kappa shape index (κ2) is 5.66. The Kier molecular flexibility index (Phi) is 4.12. The summed E-state index contributed by atoms with van der Waals surface area (Å²) in [6.45, 7) is 3.24. The van der Waals surface area contributed by atoms with Crippen LogP contribution in [0.5, 0.6) is 0 Å². The molecule has 8 nitrogen and oxygen atoms in total. The summed E-state index contributed by atoms with van der Waals surface area (Å²) in [6, 6.07) is -1.02. The molecule has 112 valence electrons. The van der Waals surface area contributed by atoms with Gasteiger partial charge in [0.15, 0.2) is 0 Å². The molecule has 3 N–H and O–H groups in total. The third kappa shape index (κ3) is 2.69. The van der Waals surface area contributed by atoms with E-state index in [1.54, 1.807) is 11.8 Å². The highest BCUT2D eigenvalue weighted by Crippen LogP contribution is 2.26. The van der Waals surface area contributed by atoms with E-state index in [2.05, 4.69) is 0 Å². The molecular formula is C12H19N3O5. The maximum Gasteiger partial charge on any atom is 0.320 e. The molecular weight excluding hydrogens is 266 g/mol. The van der Waals surface area contributed by atoms with Gasteiger partial charge in [0.25, 0.3) is 0 Å². The predicted molar refractivity (Wildman–Crippen MR) is 67.8 cm³/mol. The number of nitrogens with two attached hydrogens (primary N) is 1. The van der Waals surface area contributed by atoms with Crippen LogP contribution in [-0.4, -0.2) is 71.7 Å². The largest absolute Gasteiger partial charge is 0.481 e. The minimum atomic E-state index is -0.858. The van der Waals surface area contributed by atoms with Crippen molar-refractivity contribution < 1.29 is 24.2 Å². The number of ether oxygens (including phenoxy) is 1. The molecule has 0 aliphatic carbocycles. The molecule has 2 aliphatic rings. The number of amides is 3. The number of urea groups is 1. The van der Waals surface area contributed by atoms with Crippen LogP contribution >= 0.6 is 0 Å². The van der Waals surface area contributed by atoms with Crippen molar-refractivity contribution in [2.75, 3.05) is 32.8 Å². The molecule has 2 atom stereocenters. The number of carbonyl (C=O) groups excluding carboxylic acids is 2. The first-order chi connectivity index (χ1) is 9.41. The van der Waals surface area contributed by atoms with Gasteiger partial charge in [0.1, 0.15) is 6.04 Å². The van der Waals surface area contributed by atoms with E-state index >= 15 is 0 Å². The Bertz CT molecular complexity index is 421. The summed E-state index contributed by atoms with van der Waals surface area (Å²) in [5.74, 6) is -1.96. The van der Waals surface area contributed by atoms with Crippen molar-refractivity contribution in [3.63, 3.8) is 0 Å². The predicted octanol–water partition coefficient (Wildman–Crippen LogP) is -1.05. The Morgan fingerprint density at radius 3 is 2.55 bits per heavy atom. The zero-order valence-corrected chi connectivity index (χ0v) is 11.3. The van der Waals surface area contributed by atoms with Crippen molar-refractivity contribution in [3.8, 4) is 0 Å². The number of hydrogen-bond acceptors (Lipinski definition) is 4. The van der Waals surface area contributed by atoms with Gasteiger partial charge in [-0.2, -0.15) is 0 Å². The number of hydrogen-bond donors (Lipinski definition) is 2. The molecule has 20 heavy (non-hydrogen) atoms. The Hall–Kier alpha value is -1.83. The van der Waals surface area contributed by atoms with Crippen LogP contribution in [0.3, 0.4) is 0 Å². The molecule has 2 fully saturated rings. The lowest BCUT2D eigenvalue weighted by molar-refractivity contribution is -0.145. The average Bonchev–Trinajstić information content (AvgIpc) is 2.36. The van der Waals surface area contributed by atoms with Crippen LogP contribution in [0.25, 0.3) is 0 Å². The van der Waals surface area contributed by atoms with Crippen molar-refractivity contribution in [2.45, 2.75) is 13.0 Å². The van der Waals surface area contributed by atoms with Gasteiger partial charge in [-0.3, -0.25) is 9.59 Å². The molecule has 0 aromatic heterocycles. The second-order valence-electron chi connectivity index (χ2n) is 5.26. The van der Waals surface area contributed by atoms with Gasteiger partial charge in [-0.15, -0.1) is 0 Å². The smallest absolute Gasteiger partial charge is 0.320 e. The number of likely N-dealkylation sites (tertiary alicyclic amines) is 1. The van der Waals surface area contributed by atoms with Crippen molar-refractivity contribution >= 4 is 17.9 Å². The van der Waals surface area contributed by atoms with Gasteiger partial charge in [0.2, 0.25) is 5.91 Å². The van der Waals surface area contributed by atoms with Crippen molar-refractivity contribution in [2.24, 2.45) is 17.6 Å². The Balaban J connectivity index is 1.92. The molecule has 8 heteroatoms.